The predicted octanol–water partition coefficient (Wildman–Crippen LogP) is 3.47. The molecule has 1 amide bonds. The Bertz CT molecular complexity index is 537. The Kier molecular flexibility index (Phi) is 10.5. The number of hydrogen-bond acceptors (Lipinski definition) is 3. The lowest BCUT2D eigenvalue weighted by Gasteiger charge is -2.23. The quantitative estimate of drug-likeness (QED) is 0.367. The van der Waals surface area contributed by atoms with Crippen LogP contribution in [0.2, 0.25) is 0 Å². The summed E-state index contributed by atoms with van der Waals surface area (Å²) in [6.45, 7) is 7.46. The van der Waals surface area contributed by atoms with Crippen molar-refractivity contribution in [1.29, 1.82) is 0 Å². The normalized spacial score (nSPS) is 14.3. The molecule has 4 heteroatoms. The maximum Gasteiger partial charge on any atom is 0.243 e. The van der Waals surface area contributed by atoms with Gasteiger partial charge < -0.3 is 15.2 Å². The van der Waals surface area contributed by atoms with Crippen molar-refractivity contribution in [2.24, 2.45) is 11.8 Å². The van der Waals surface area contributed by atoms with Crippen LogP contribution < -0.4 is 5.32 Å². The van der Waals surface area contributed by atoms with Gasteiger partial charge in [-0.2, -0.15) is 0 Å². The number of allylic oxidation sites excluding steroid dienone is 1. The molecule has 4 nitrogen and oxygen atoms in total. The molecular weight excluding hydrogens is 314 g/mol. The van der Waals surface area contributed by atoms with Gasteiger partial charge in [-0.25, -0.2) is 0 Å². The highest BCUT2D eigenvalue weighted by Gasteiger charge is 2.20. The minimum Gasteiger partial charge on any atom is -0.392 e. The third-order valence-corrected chi connectivity index (χ3v) is 3.95. The number of rotatable bonds is 11. The summed E-state index contributed by atoms with van der Waals surface area (Å²) in [4.78, 5) is 11.8. The Morgan fingerprint density at radius 2 is 2.00 bits per heavy atom. The lowest BCUT2D eigenvalue weighted by Crippen LogP contribution is -2.27. The molecule has 138 valence electrons. The first-order chi connectivity index (χ1) is 12.0. The zero-order valence-electron chi connectivity index (χ0n) is 15.5. The van der Waals surface area contributed by atoms with Crippen LogP contribution in [0.5, 0.6) is 0 Å². The highest BCUT2D eigenvalue weighted by atomic mass is 16.5. The SMILES string of the molecule is C/C=C/CNC(=O)/C=C/[C@@H](CCOCc1ccccc1)[C@H](O)C(C)C. The van der Waals surface area contributed by atoms with Gasteiger partial charge in [0, 0.05) is 19.1 Å². The molecule has 2 atom stereocenters. The summed E-state index contributed by atoms with van der Waals surface area (Å²) in [6, 6.07) is 9.99. The average Bonchev–Trinajstić information content (AvgIpc) is 2.61. The minimum absolute atomic E-state index is 0.108. The average molecular weight is 345 g/mol. The molecule has 0 spiro atoms. The number of carbonyl (C=O) groups is 1. The topological polar surface area (TPSA) is 58.6 Å². The zero-order chi connectivity index (χ0) is 18.5. The smallest absolute Gasteiger partial charge is 0.243 e. The number of carbonyl (C=O) groups excluding carboxylic acids is 1. The molecule has 0 bridgehead atoms. The summed E-state index contributed by atoms with van der Waals surface area (Å²) in [5, 5.41) is 13.2. The van der Waals surface area contributed by atoms with Crippen LogP contribution in [0.3, 0.4) is 0 Å². The van der Waals surface area contributed by atoms with Gasteiger partial charge in [0.05, 0.1) is 12.7 Å². The molecule has 0 aliphatic rings. The molecule has 0 fully saturated rings. The Labute approximate surface area is 151 Å². The molecule has 0 unspecified atom stereocenters. The van der Waals surface area contributed by atoms with Gasteiger partial charge >= 0.3 is 0 Å². The van der Waals surface area contributed by atoms with Crippen molar-refractivity contribution >= 4 is 5.91 Å². The van der Waals surface area contributed by atoms with Crippen LogP contribution in [-0.2, 0) is 16.1 Å². The van der Waals surface area contributed by atoms with E-state index in [0.717, 1.165) is 5.56 Å². The second-order valence-corrected chi connectivity index (χ2v) is 6.40. The molecule has 0 saturated heterocycles. The number of aliphatic hydroxyl groups is 1. The van der Waals surface area contributed by atoms with Crippen LogP contribution in [0.25, 0.3) is 0 Å². The van der Waals surface area contributed by atoms with Crippen molar-refractivity contribution in [3.63, 3.8) is 0 Å². The Balaban J connectivity index is 2.48. The first-order valence-corrected chi connectivity index (χ1v) is 8.91. The van der Waals surface area contributed by atoms with E-state index in [9.17, 15) is 9.90 Å². The molecule has 2 N–H and O–H groups in total. The highest BCUT2D eigenvalue weighted by Crippen LogP contribution is 2.18. The lowest BCUT2D eigenvalue weighted by molar-refractivity contribution is -0.116. The molecule has 1 aromatic rings. The summed E-state index contributed by atoms with van der Waals surface area (Å²) >= 11 is 0. The molecule has 1 rings (SSSR count). The largest absolute Gasteiger partial charge is 0.392 e. The fourth-order valence-electron chi connectivity index (χ4n) is 2.41. The molecule has 0 radical (unpaired) electrons. The summed E-state index contributed by atoms with van der Waals surface area (Å²) in [6.07, 6.45) is 7.24. The highest BCUT2D eigenvalue weighted by molar-refractivity contribution is 5.87. The van der Waals surface area contributed by atoms with Gasteiger partial charge in [0.1, 0.15) is 0 Å². The molecule has 0 aromatic heterocycles. The predicted molar refractivity (Wildman–Crippen MR) is 102 cm³/mol. The van der Waals surface area contributed by atoms with Crippen molar-refractivity contribution < 1.29 is 14.6 Å². The van der Waals surface area contributed by atoms with E-state index in [4.69, 9.17) is 4.74 Å². The maximum absolute atomic E-state index is 11.8. The second kappa shape index (κ2) is 12.5. The number of nitrogens with one attached hydrogen (secondary N) is 1. The lowest BCUT2D eigenvalue weighted by atomic mass is 9.90. The molecule has 0 aliphatic carbocycles. The van der Waals surface area contributed by atoms with E-state index >= 15 is 0 Å². The first kappa shape index (κ1) is 21.1. The van der Waals surface area contributed by atoms with E-state index in [0.29, 0.717) is 26.2 Å². The van der Waals surface area contributed by atoms with Crippen LogP contribution in [0.1, 0.15) is 32.8 Å². The van der Waals surface area contributed by atoms with Crippen molar-refractivity contribution in [2.45, 2.75) is 39.9 Å². The fourth-order valence-corrected chi connectivity index (χ4v) is 2.41. The van der Waals surface area contributed by atoms with Crippen molar-refractivity contribution in [2.75, 3.05) is 13.2 Å². The van der Waals surface area contributed by atoms with Crippen molar-refractivity contribution in [3.05, 3.63) is 60.2 Å². The van der Waals surface area contributed by atoms with E-state index in [2.05, 4.69) is 5.32 Å². The second-order valence-electron chi connectivity index (χ2n) is 6.40. The van der Waals surface area contributed by atoms with E-state index in [1.54, 1.807) is 6.08 Å². The van der Waals surface area contributed by atoms with E-state index in [1.807, 2.05) is 63.3 Å². The summed E-state index contributed by atoms with van der Waals surface area (Å²) in [7, 11) is 0. The van der Waals surface area contributed by atoms with Crippen molar-refractivity contribution in [1.82, 2.24) is 5.32 Å². The summed E-state index contributed by atoms with van der Waals surface area (Å²) < 4.78 is 5.71. The minimum atomic E-state index is -0.500. The van der Waals surface area contributed by atoms with Crippen molar-refractivity contribution in [3.8, 4) is 0 Å². The third-order valence-electron chi connectivity index (χ3n) is 3.95. The number of benzene rings is 1. The summed E-state index contributed by atoms with van der Waals surface area (Å²) in [5.74, 6) is -0.137. The van der Waals surface area contributed by atoms with Crippen LogP contribution in [0, 0.1) is 11.8 Å². The third kappa shape index (κ3) is 9.22. The summed E-state index contributed by atoms with van der Waals surface area (Å²) in [5.41, 5.74) is 1.13. The monoisotopic (exact) mass is 345 g/mol. The number of amides is 1. The van der Waals surface area contributed by atoms with Gasteiger partial charge in [-0.3, -0.25) is 4.79 Å². The van der Waals surface area contributed by atoms with Gasteiger partial charge in [-0.15, -0.1) is 0 Å². The molecule has 0 heterocycles. The van der Waals surface area contributed by atoms with Crippen LogP contribution >= 0.6 is 0 Å². The molecule has 0 aliphatic heterocycles. The fraction of sp³-hybridized carbons (Fsp3) is 0.476. The standard InChI is InChI=1S/C21H31NO3/c1-4-5-14-22-20(23)12-11-19(21(24)17(2)3)13-15-25-16-18-9-7-6-8-10-18/h4-12,17,19,21,24H,13-16H2,1-3H3,(H,22,23)/b5-4+,12-11+/t19-,21+/m0/s1. The maximum atomic E-state index is 11.8. The van der Waals surface area contributed by atoms with Gasteiger partial charge in [-0.1, -0.05) is 62.4 Å². The van der Waals surface area contributed by atoms with Gasteiger partial charge in [0.15, 0.2) is 0 Å². The van der Waals surface area contributed by atoms with Crippen LogP contribution in [-0.4, -0.2) is 30.3 Å². The van der Waals surface area contributed by atoms with Gasteiger partial charge in [-0.05, 0) is 30.9 Å². The van der Waals surface area contributed by atoms with E-state index < -0.39 is 6.10 Å². The Morgan fingerprint density at radius 1 is 1.28 bits per heavy atom. The molecule has 25 heavy (non-hydrogen) atoms. The molecule has 1 aromatic carbocycles. The van der Waals surface area contributed by atoms with Gasteiger partial charge in [0.25, 0.3) is 0 Å². The molecular formula is C21H31NO3. The Hall–Kier alpha value is -1.91. The zero-order valence-corrected chi connectivity index (χ0v) is 15.5. The van der Waals surface area contributed by atoms with E-state index in [1.165, 1.54) is 6.08 Å². The van der Waals surface area contributed by atoms with Crippen LogP contribution in [0.4, 0.5) is 0 Å². The van der Waals surface area contributed by atoms with Crippen LogP contribution in [0.15, 0.2) is 54.6 Å². The van der Waals surface area contributed by atoms with Gasteiger partial charge in [0.2, 0.25) is 5.91 Å². The number of hydrogen-bond donors (Lipinski definition) is 2. The Morgan fingerprint density at radius 3 is 2.64 bits per heavy atom. The number of aliphatic hydroxyl groups excluding tert-OH is 1. The first-order valence-electron chi connectivity index (χ1n) is 8.91. The van der Waals surface area contributed by atoms with E-state index in [-0.39, 0.29) is 17.7 Å². The molecule has 0 saturated carbocycles. The number of ether oxygens (including phenoxy) is 1.